The normalized spacial score (nSPS) is 16.8. The highest BCUT2D eigenvalue weighted by molar-refractivity contribution is 7.80. The van der Waals surface area contributed by atoms with Gasteiger partial charge in [0.15, 0.2) is 5.11 Å². The molecular weight excluding hydrogens is 502 g/mol. The van der Waals surface area contributed by atoms with Gasteiger partial charge in [-0.05, 0) is 105 Å². The molecule has 4 heterocycles. The number of hydrogen-bond donors (Lipinski definition) is 1. The van der Waals surface area contributed by atoms with E-state index in [0.717, 1.165) is 45.6 Å². The average molecular weight is 532 g/mol. The maximum absolute atomic E-state index is 6.04. The van der Waals surface area contributed by atoms with Gasteiger partial charge >= 0.3 is 0 Å². The quantitative estimate of drug-likeness (QED) is 0.235. The highest BCUT2D eigenvalue weighted by atomic mass is 32.1. The number of aryl methyl sites for hydroxylation is 2. The molecule has 0 amide bonds. The number of nitrogens with zero attached hydrogens (tertiary/aromatic N) is 4. The molecule has 2 aromatic carbocycles. The zero-order valence-corrected chi connectivity index (χ0v) is 22.9. The number of thiocarbonyl (C=S) groups is 1. The van der Waals surface area contributed by atoms with E-state index >= 15 is 0 Å². The van der Waals surface area contributed by atoms with Gasteiger partial charge in [-0.3, -0.25) is 4.98 Å². The smallest absolute Gasteiger partial charge is 0.174 e. The fourth-order valence-corrected chi connectivity index (χ4v) is 5.72. The molecule has 0 aliphatic carbocycles. The van der Waals surface area contributed by atoms with Crippen molar-refractivity contribution in [1.29, 1.82) is 0 Å². The van der Waals surface area contributed by atoms with E-state index < -0.39 is 0 Å². The summed E-state index contributed by atoms with van der Waals surface area (Å²) in [6, 6.07) is 29.9. The summed E-state index contributed by atoms with van der Waals surface area (Å²) in [5, 5.41) is 4.23. The van der Waals surface area contributed by atoms with Gasteiger partial charge in [-0.2, -0.15) is 0 Å². The topological polar surface area (TPSA) is 55.2 Å². The lowest BCUT2D eigenvalue weighted by Crippen LogP contribution is -2.29. The molecule has 5 aromatic rings. The number of benzene rings is 2. The van der Waals surface area contributed by atoms with Crippen molar-refractivity contribution in [3.05, 3.63) is 132 Å². The minimum atomic E-state index is -0.127. The molecule has 194 valence electrons. The fourth-order valence-electron chi connectivity index (χ4n) is 5.37. The van der Waals surface area contributed by atoms with Crippen molar-refractivity contribution in [1.82, 2.24) is 19.9 Å². The maximum atomic E-state index is 6.04. The molecule has 6 nitrogen and oxygen atoms in total. The van der Waals surface area contributed by atoms with E-state index in [-0.39, 0.29) is 12.1 Å². The minimum Gasteiger partial charge on any atom is -0.457 e. The van der Waals surface area contributed by atoms with E-state index in [1.54, 1.807) is 0 Å². The van der Waals surface area contributed by atoms with E-state index in [0.29, 0.717) is 5.11 Å². The van der Waals surface area contributed by atoms with Crippen LogP contribution in [0, 0.1) is 20.8 Å². The molecule has 39 heavy (non-hydrogen) atoms. The van der Waals surface area contributed by atoms with Crippen molar-refractivity contribution in [2.24, 2.45) is 0 Å². The van der Waals surface area contributed by atoms with Crippen molar-refractivity contribution in [2.45, 2.75) is 32.9 Å². The van der Waals surface area contributed by atoms with E-state index in [1.165, 1.54) is 5.56 Å². The summed E-state index contributed by atoms with van der Waals surface area (Å²) in [4.78, 5) is 11.6. The molecule has 1 aliphatic rings. The van der Waals surface area contributed by atoms with Crippen LogP contribution in [0.2, 0.25) is 0 Å². The van der Waals surface area contributed by atoms with Gasteiger partial charge in [-0.1, -0.05) is 30.3 Å². The number of anilines is 1. The molecule has 0 saturated carbocycles. The van der Waals surface area contributed by atoms with Crippen LogP contribution in [0.4, 0.5) is 5.69 Å². The Kier molecular flexibility index (Phi) is 6.59. The van der Waals surface area contributed by atoms with Crippen LogP contribution in [-0.2, 0) is 0 Å². The molecule has 2 atom stereocenters. The van der Waals surface area contributed by atoms with Gasteiger partial charge in [0.05, 0.1) is 17.8 Å². The van der Waals surface area contributed by atoms with Crippen LogP contribution >= 0.6 is 12.2 Å². The van der Waals surface area contributed by atoms with E-state index in [2.05, 4.69) is 65.9 Å². The third kappa shape index (κ3) is 4.66. The second-order valence-corrected chi connectivity index (χ2v) is 10.1. The Labute approximate surface area is 233 Å². The molecule has 0 radical (unpaired) electrons. The molecule has 3 aromatic heterocycles. The van der Waals surface area contributed by atoms with E-state index in [4.69, 9.17) is 26.9 Å². The lowest BCUT2D eigenvalue weighted by Gasteiger charge is -2.28. The van der Waals surface area contributed by atoms with Crippen molar-refractivity contribution < 1.29 is 4.74 Å². The molecule has 1 fully saturated rings. The average Bonchev–Trinajstić information content (AvgIpc) is 3.45. The Morgan fingerprint density at radius 2 is 1.51 bits per heavy atom. The van der Waals surface area contributed by atoms with Crippen molar-refractivity contribution in [2.75, 3.05) is 4.90 Å². The molecular formula is C32H29N5OS. The molecule has 1 saturated heterocycles. The van der Waals surface area contributed by atoms with Crippen LogP contribution in [0.5, 0.6) is 11.5 Å². The first-order chi connectivity index (χ1) is 19.0. The molecule has 1 N–H and O–H groups in total. The Bertz CT molecular complexity index is 1620. The predicted molar refractivity (Wildman–Crippen MR) is 159 cm³/mol. The number of aromatic nitrogens is 3. The van der Waals surface area contributed by atoms with Gasteiger partial charge in [0, 0.05) is 29.5 Å². The second-order valence-electron chi connectivity index (χ2n) is 9.71. The van der Waals surface area contributed by atoms with Gasteiger partial charge in [0.25, 0.3) is 0 Å². The van der Waals surface area contributed by atoms with Crippen LogP contribution in [0.15, 0.2) is 103 Å². The first kappa shape index (κ1) is 24.8. The largest absolute Gasteiger partial charge is 0.457 e. The number of rotatable bonds is 6. The zero-order valence-electron chi connectivity index (χ0n) is 22.1. The Balaban J connectivity index is 1.43. The third-order valence-electron chi connectivity index (χ3n) is 7.17. The first-order valence-corrected chi connectivity index (χ1v) is 13.4. The molecule has 7 heteroatoms. The van der Waals surface area contributed by atoms with Crippen LogP contribution in [0.1, 0.15) is 40.3 Å². The summed E-state index contributed by atoms with van der Waals surface area (Å²) in [6.07, 6.45) is 3.67. The number of para-hydroxylation sites is 1. The molecule has 0 unspecified atom stereocenters. The summed E-state index contributed by atoms with van der Waals surface area (Å²) >= 11 is 5.95. The Morgan fingerprint density at radius 3 is 2.23 bits per heavy atom. The van der Waals surface area contributed by atoms with Crippen LogP contribution < -0.4 is 15.0 Å². The number of hydrogen-bond acceptors (Lipinski definition) is 4. The van der Waals surface area contributed by atoms with Crippen LogP contribution in [0.3, 0.4) is 0 Å². The molecule has 0 spiro atoms. The molecule has 0 bridgehead atoms. The van der Waals surface area contributed by atoms with Crippen molar-refractivity contribution in [3.63, 3.8) is 0 Å². The zero-order chi connectivity index (χ0) is 26.9. The highest BCUT2D eigenvalue weighted by Crippen LogP contribution is 2.44. The number of pyridine rings is 2. The lowest BCUT2D eigenvalue weighted by atomic mass is 9.96. The first-order valence-electron chi connectivity index (χ1n) is 13.0. The fraction of sp³-hybridized carbons (Fsp3) is 0.156. The SMILES string of the molecule is Cc1cccnc1-n1c(C)cc([C@H]2[C@H](c3ccccn3)NC(=S)N2c2ccc(Oc3ccccc3)cc2)c1C. The maximum Gasteiger partial charge on any atom is 0.174 e. The van der Waals surface area contributed by atoms with Gasteiger partial charge < -0.3 is 19.5 Å². The Morgan fingerprint density at radius 1 is 0.795 bits per heavy atom. The van der Waals surface area contributed by atoms with Gasteiger partial charge in [-0.25, -0.2) is 4.98 Å². The van der Waals surface area contributed by atoms with Gasteiger partial charge in [-0.15, -0.1) is 0 Å². The van der Waals surface area contributed by atoms with Crippen LogP contribution in [-0.4, -0.2) is 19.6 Å². The monoisotopic (exact) mass is 531 g/mol. The summed E-state index contributed by atoms with van der Waals surface area (Å²) in [5.41, 5.74) is 6.46. The summed E-state index contributed by atoms with van der Waals surface area (Å²) in [7, 11) is 0. The van der Waals surface area contributed by atoms with Gasteiger partial charge in [0.2, 0.25) is 0 Å². The number of nitrogens with one attached hydrogen (secondary N) is 1. The Hall–Kier alpha value is -4.49. The number of ether oxygens (including phenoxy) is 1. The highest BCUT2D eigenvalue weighted by Gasteiger charge is 2.42. The van der Waals surface area contributed by atoms with E-state index in [9.17, 15) is 0 Å². The third-order valence-corrected chi connectivity index (χ3v) is 7.49. The lowest BCUT2D eigenvalue weighted by molar-refractivity contribution is 0.482. The minimum absolute atomic E-state index is 0.114. The molecule has 1 aliphatic heterocycles. The standard InChI is InChI=1S/C32H29N5OS/c1-21-10-9-19-34-31(21)36-22(2)20-27(23(36)3)30-29(28-13-7-8-18-33-28)35-32(39)37(30)24-14-16-26(17-15-24)38-25-11-5-4-6-12-25/h4-20,29-30H,1-3H3,(H,35,39)/t29-,30-/m0/s1. The van der Waals surface area contributed by atoms with Crippen LogP contribution in [0.25, 0.3) is 5.82 Å². The van der Waals surface area contributed by atoms with Gasteiger partial charge in [0.1, 0.15) is 17.3 Å². The van der Waals surface area contributed by atoms with E-state index in [1.807, 2.05) is 73.1 Å². The summed E-state index contributed by atoms with van der Waals surface area (Å²) in [5.74, 6) is 2.51. The summed E-state index contributed by atoms with van der Waals surface area (Å²) in [6.45, 7) is 6.37. The molecule has 6 rings (SSSR count). The predicted octanol–water partition coefficient (Wildman–Crippen LogP) is 7.16. The van der Waals surface area contributed by atoms with Crippen molar-refractivity contribution >= 4 is 23.0 Å². The van der Waals surface area contributed by atoms with Crippen molar-refractivity contribution in [3.8, 4) is 17.3 Å². The summed E-state index contributed by atoms with van der Waals surface area (Å²) < 4.78 is 8.27. The second kappa shape index (κ2) is 10.3.